The summed E-state index contributed by atoms with van der Waals surface area (Å²) in [5.41, 5.74) is 1.70. The van der Waals surface area contributed by atoms with Crippen LogP contribution in [0.25, 0.3) is 0 Å². The van der Waals surface area contributed by atoms with Crippen LogP contribution in [0, 0.1) is 6.92 Å². The van der Waals surface area contributed by atoms with Crippen molar-refractivity contribution in [3.63, 3.8) is 0 Å². The average molecular weight is 205 g/mol. The van der Waals surface area contributed by atoms with E-state index in [0.29, 0.717) is 6.42 Å². The van der Waals surface area contributed by atoms with Crippen LogP contribution >= 0.6 is 0 Å². The second kappa shape index (κ2) is 6.33. The number of Topliss-reactive ketones (excluding diaryl/α,β-unsaturated/α-hetero) is 1. The molecule has 82 valence electrons. The number of rotatable bonds is 6. The molecule has 1 aromatic heterocycles. The second-order valence-electron chi connectivity index (χ2n) is 3.92. The molecule has 1 aromatic rings. The van der Waals surface area contributed by atoms with Crippen molar-refractivity contribution in [3.8, 4) is 0 Å². The zero-order chi connectivity index (χ0) is 11.1. The Kier molecular flexibility index (Phi) is 5.02. The van der Waals surface area contributed by atoms with Crippen LogP contribution in [0.15, 0.2) is 18.3 Å². The predicted molar refractivity (Wildman–Crippen MR) is 62.1 cm³/mol. The number of ketones is 1. The molecule has 2 nitrogen and oxygen atoms in total. The molecule has 0 aliphatic carbocycles. The predicted octanol–water partition coefficient (Wildman–Crippen LogP) is 3.54. The summed E-state index contributed by atoms with van der Waals surface area (Å²) in [5.74, 6) is 0.221. The van der Waals surface area contributed by atoms with E-state index in [1.165, 1.54) is 12.8 Å². The Labute approximate surface area is 91.7 Å². The van der Waals surface area contributed by atoms with Gasteiger partial charge in [0.15, 0.2) is 5.78 Å². The van der Waals surface area contributed by atoms with Gasteiger partial charge < -0.3 is 0 Å². The number of unbranched alkanes of at least 4 members (excludes halogenated alkanes) is 3. The molecule has 2 heteroatoms. The Hall–Kier alpha value is -1.18. The van der Waals surface area contributed by atoms with Gasteiger partial charge in [0.1, 0.15) is 0 Å². The molecule has 0 atom stereocenters. The molecule has 0 saturated carbocycles. The van der Waals surface area contributed by atoms with Crippen LogP contribution in [0.1, 0.15) is 55.1 Å². The molecule has 0 spiro atoms. The highest BCUT2D eigenvalue weighted by Crippen LogP contribution is 2.08. The van der Waals surface area contributed by atoms with Gasteiger partial charge in [0.05, 0.1) is 0 Å². The summed E-state index contributed by atoms with van der Waals surface area (Å²) in [6.07, 6.45) is 6.92. The van der Waals surface area contributed by atoms with Gasteiger partial charge in [0, 0.05) is 23.9 Å². The van der Waals surface area contributed by atoms with Crippen LogP contribution in [0.2, 0.25) is 0 Å². The van der Waals surface area contributed by atoms with Gasteiger partial charge in [-0.1, -0.05) is 26.2 Å². The highest BCUT2D eigenvalue weighted by Gasteiger charge is 2.04. The van der Waals surface area contributed by atoms with Gasteiger partial charge in [-0.3, -0.25) is 9.78 Å². The van der Waals surface area contributed by atoms with Crippen LogP contribution in [0.5, 0.6) is 0 Å². The highest BCUT2D eigenvalue weighted by molar-refractivity contribution is 5.95. The lowest BCUT2D eigenvalue weighted by atomic mass is 10.1. The van der Waals surface area contributed by atoms with Crippen molar-refractivity contribution < 1.29 is 4.79 Å². The van der Waals surface area contributed by atoms with Crippen molar-refractivity contribution in [2.24, 2.45) is 0 Å². The van der Waals surface area contributed by atoms with E-state index in [0.717, 1.165) is 24.1 Å². The number of hydrogen-bond donors (Lipinski definition) is 0. The minimum Gasteiger partial charge on any atom is -0.294 e. The maximum absolute atomic E-state index is 11.7. The van der Waals surface area contributed by atoms with E-state index in [1.54, 1.807) is 6.20 Å². The molecular formula is C13H19NO. The van der Waals surface area contributed by atoms with E-state index < -0.39 is 0 Å². The minimum atomic E-state index is 0.221. The molecule has 1 heterocycles. The minimum absolute atomic E-state index is 0.221. The lowest BCUT2D eigenvalue weighted by Gasteiger charge is -2.00. The van der Waals surface area contributed by atoms with Crippen LogP contribution in [-0.2, 0) is 0 Å². The second-order valence-corrected chi connectivity index (χ2v) is 3.92. The average Bonchev–Trinajstić information content (AvgIpc) is 2.25. The van der Waals surface area contributed by atoms with Gasteiger partial charge in [-0.05, 0) is 25.5 Å². The van der Waals surface area contributed by atoms with Crippen molar-refractivity contribution in [1.29, 1.82) is 0 Å². The summed E-state index contributed by atoms with van der Waals surface area (Å²) >= 11 is 0. The Morgan fingerprint density at radius 3 is 2.67 bits per heavy atom. The Balaban J connectivity index is 2.37. The Morgan fingerprint density at radius 1 is 1.27 bits per heavy atom. The molecular weight excluding hydrogens is 186 g/mol. The van der Waals surface area contributed by atoms with Crippen molar-refractivity contribution in [3.05, 3.63) is 29.6 Å². The molecule has 0 bridgehead atoms. The van der Waals surface area contributed by atoms with Crippen molar-refractivity contribution in [2.75, 3.05) is 0 Å². The first-order valence-electron chi connectivity index (χ1n) is 5.70. The molecule has 0 radical (unpaired) electrons. The molecule has 0 amide bonds. The van der Waals surface area contributed by atoms with Gasteiger partial charge in [-0.2, -0.15) is 0 Å². The number of carbonyl (C=O) groups excluding carboxylic acids is 1. The largest absolute Gasteiger partial charge is 0.294 e. The van der Waals surface area contributed by atoms with Crippen molar-refractivity contribution >= 4 is 5.78 Å². The molecule has 0 aliphatic rings. The summed E-state index contributed by atoms with van der Waals surface area (Å²) in [7, 11) is 0. The fourth-order valence-electron chi connectivity index (χ4n) is 1.49. The highest BCUT2D eigenvalue weighted by atomic mass is 16.1. The molecule has 15 heavy (non-hydrogen) atoms. The molecule has 0 aliphatic heterocycles. The van der Waals surface area contributed by atoms with Gasteiger partial charge in [0.2, 0.25) is 0 Å². The summed E-state index contributed by atoms with van der Waals surface area (Å²) in [5, 5.41) is 0. The van der Waals surface area contributed by atoms with E-state index in [2.05, 4.69) is 11.9 Å². The smallest absolute Gasteiger partial charge is 0.164 e. The molecule has 0 fully saturated rings. The van der Waals surface area contributed by atoms with Gasteiger partial charge in [-0.15, -0.1) is 0 Å². The summed E-state index contributed by atoms with van der Waals surface area (Å²) < 4.78 is 0. The van der Waals surface area contributed by atoms with E-state index in [4.69, 9.17) is 0 Å². The fourth-order valence-corrected chi connectivity index (χ4v) is 1.49. The van der Waals surface area contributed by atoms with Crippen LogP contribution < -0.4 is 0 Å². The topological polar surface area (TPSA) is 30.0 Å². The normalized spacial score (nSPS) is 10.3. The standard InChI is InChI=1S/C13H19NO/c1-3-4-5-6-7-13(15)12-9-8-11(2)14-10-12/h8-10H,3-7H2,1-2H3. The van der Waals surface area contributed by atoms with E-state index in [1.807, 2.05) is 19.1 Å². The van der Waals surface area contributed by atoms with E-state index in [9.17, 15) is 4.79 Å². The van der Waals surface area contributed by atoms with E-state index >= 15 is 0 Å². The summed E-state index contributed by atoms with van der Waals surface area (Å²) in [6.45, 7) is 4.10. The van der Waals surface area contributed by atoms with Crippen LogP contribution in [-0.4, -0.2) is 10.8 Å². The summed E-state index contributed by atoms with van der Waals surface area (Å²) in [6, 6.07) is 3.75. The number of nitrogens with zero attached hydrogens (tertiary/aromatic N) is 1. The molecule has 0 saturated heterocycles. The van der Waals surface area contributed by atoms with Crippen LogP contribution in [0.4, 0.5) is 0 Å². The van der Waals surface area contributed by atoms with Gasteiger partial charge in [-0.25, -0.2) is 0 Å². The number of aryl methyl sites for hydroxylation is 1. The SMILES string of the molecule is CCCCCCC(=O)c1ccc(C)nc1. The zero-order valence-corrected chi connectivity index (χ0v) is 9.62. The number of carbonyl (C=O) groups is 1. The first-order valence-corrected chi connectivity index (χ1v) is 5.70. The quantitative estimate of drug-likeness (QED) is 0.525. The first-order chi connectivity index (χ1) is 7.24. The van der Waals surface area contributed by atoms with Crippen LogP contribution in [0.3, 0.4) is 0 Å². The monoisotopic (exact) mass is 205 g/mol. The zero-order valence-electron chi connectivity index (χ0n) is 9.62. The first kappa shape index (κ1) is 11.9. The molecule has 0 unspecified atom stereocenters. The Bertz CT molecular complexity index is 303. The third-order valence-corrected chi connectivity index (χ3v) is 2.49. The third kappa shape index (κ3) is 4.24. The lowest BCUT2D eigenvalue weighted by Crippen LogP contribution is -1.99. The maximum Gasteiger partial charge on any atom is 0.164 e. The van der Waals surface area contributed by atoms with E-state index in [-0.39, 0.29) is 5.78 Å². The molecule has 0 aromatic carbocycles. The summed E-state index contributed by atoms with van der Waals surface area (Å²) in [4.78, 5) is 15.8. The number of pyridine rings is 1. The Morgan fingerprint density at radius 2 is 2.07 bits per heavy atom. The maximum atomic E-state index is 11.7. The number of aromatic nitrogens is 1. The third-order valence-electron chi connectivity index (χ3n) is 2.49. The van der Waals surface area contributed by atoms with Crippen molar-refractivity contribution in [1.82, 2.24) is 4.98 Å². The van der Waals surface area contributed by atoms with Crippen molar-refractivity contribution in [2.45, 2.75) is 46.0 Å². The molecule has 0 N–H and O–H groups in total. The lowest BCUT2D eigenvalue weighted by molar-refractivity contribution is 0.0979. The molecule has 1 rings (SSSR count). The van der Waals surface area contributed by atoms with Gasteiger partial charge in [0.25, 0.3) is 0 Å². The fraction of sp³-hybridized carbons (Fsp3) is 0.538. The van der Waals surface area contributed by atoms with Gasteiger partial charge >= 0.3 is 0 Å². The number of hydrogen-bond acceptors (Lipinski definition) is 2.